The highest BCUT2D eigenvalue weighted by molar-refractivity contribution is 6.31. The lowest BCUT2D eigenvalue weighted by Crippen LogP contribution is -2.39. The van der Waals surface area contributed by atoms with E-state index in [0.29, 0.717) is 21.8 Å². The molecular weight excluding hydrogens is 418 g/mol. The molecule has 1 aromatic carbocycles. The summed E-state index contributed by atoms with van der Waals surface area (Å²) in [6.07, 6.45) is 3.74. The molecule has 3 aromatic heterocycles. The van der Waals surface area contributed by atoms with Gasteiger partial charge in [0.25, 0.3) is 5.91 Å². The Morgan fingerprint density at radius 3 is 2.68 bits per heavy atom. The van der Waals surface area contributed by atoms with Crippen molar-refractivity contribution in [3.05, 3.63) is 71.3 Å². The first kappa shape index (κ1) is 20.7. The number of hydrogen-bond donors (Lipinski definition) is 2. The standard InChI is InChI=1S/C23H20ClN3O4/c1-3-17-7-8-18-19(14-5-4-6-16(24)11-14)20(22(28)25-13(2)23(29)30)21(26-27(17)18)15-9-10-31-12-15/h4-13H,3H2,1-2H3,(H,25,28)(H,29,30). The van der Waals surface area contributed by atoms with E-state index in [-0.39, 0.29) is 5.56 Å². The molecule has 0 fully saturated rings. The highest BCUT2D eigenvalue weighted by Gasteiger charge is 2.27. The topological polar surface area (TPSA) is 96.8 Å². The quantitative estimate of drug-likeness (QED) is 0.456. The summed E-state index contributed by atoms with van der Waals surface area (Å²) < 4.78 is 7.04. The number of carboxylic acids is 1. The van der Waals surface area contributed by atoms with Crippen molar-refractivity contribution in [1.29, 1.82) is 0 Å². The molecule has 4 aromatic rings. The summed E-state index contributed by atoms with van der Waals surface area (Å²) >= 11 is 6.26. The first-order valence-corrected chi connectivity index (χ1v) is 10.1. The molecule has 1 unspecified atom stereocenters. The fourth-order valence-corrected chi connectivity index (χ4v) is 3.72. The predicted octanol–water partition coefficient (Wildman–Crippen LogP) is 4.68. The van der Waals surface area contributed by atoms with Crippen molar-refractivity contribution in [1.82, 2.24) is 14.9 Å². The molecule has 0 aliphatic rings. The van der Waals surface area contributed by atoms with Crippen LogP contribution in [0.3, 0.4) is 0 Å². The van der Waals surface area contributed by atoms with Crippen LogP contribution in [0.25, 0.3) is 27.9 Å². The molecule has 31 heavy (non-hydrogen) atoms. The van der Waals surface area contributed by atoms with Crippen molar-refractivity contribution in [3.8, 4) is 22.4 Å². The maximum Gasteiger partial charge on any atom is 0.325 e. The Hall–Kier alpha value is -3.58. The van der Waals surface area contributed by atoms with Gasteiger partial charge in [0.2, 0.25) is 0 Å². The Morgan fingerprint density at radius 1 is 1.23 bits per heavy atom. The van der Waals surface area contributed by atoms with Gasteiger partial charge in [-0.25, -0.2) is 4.52 Å². The number of carbonyl (C=O) groups is 2. The number of halogens is 1. The molecule has 1 atom stereocenters. The summed E-state index contributed by atoms with van der Waals surface area (Å²) in [6.45, 7) is 3.43. The van der Waals surface area contributed by atoms with Gasteiger partial charge < -0.3 is 14.8 Å². The van der Waals surface area contributed by atoms with Gasteiger partial charge in [-0.2, -0.15) is 5.10 Å². The summed E-state index contributed by atoms with van der Waals surface area (Å²) in [5, 5.41) is 17.1. The Morgan fingerprint density at radius 2 is 2.03 bits per heavy atom. The molecular formula is C23H20ClN3O4. The number of furan rings is 1. The largest absolute Gasteiger partial charge is 0.480 e. The number of rotatable bonds is 6. The van der Waals surface area contributed by atoms with Crippen LogP contribution in [0, 0.1) is 0 Å². The Bertz CT molecular complexity index is 1280. The molecule has 158 valence electrons. The van der Waals surface area contributed by atoms with E-state index in [9.17, 15) is 14.7 Å². The SMILES string of the molecule is CCc1ccc2c(-c3cccc(Cl)c3)c(C(=O)NC(C)C(=O)O)c(-c3ccoc3)nn12. The second-order valence-electron chi connectivity index (χ2n) is 7.13. The van der Waals surface area contributed by atoms with Crippen LogP contribution in [0.4, 0.5) is 0 Å². The maximum atomic E-state index is 13.4. The maximum absolute atomic E-state index is 13.4. The third kappa shape index (κ3) is 3.80. The number of aryl methyl sites for hydroxylation is 1. The first-order valence-electron chi connectivity index (χ1n) is 9.77. The van der Waals surface area contributed by atoms with E-state index in [1.165, 1.54) is 19.5 Å². The fourth-order valence-electron chi connectivity index (χ4n) is 3.53. The fraction of sp³-hybridized carbons (Fsp3) is 0.174. The summed E-state index contributed by atoms with van der Waals surface area (Å²) in [5.41, 5.74) is 4.27. The van der Waals surface area contributed by atoms with Crippen LogP contribution in [-0.2, 0) is 11.2 Å². The number of nitrogens with one attached hydrogen (secondary N) is 1. The lowest BCUT2D eigenvalue weighted by molar-refractivity contribution is -0.138. The van der Waals surface area contributed by atoms with Crippen LogP contribution >= 0.6 is 11.6 Å². The van der Waals surface area contributed by atoms with Crippen molar-refractivity contribution < 1.29 is 19.1 Å². The second kappa shape index (κ2) is 8.28. The van der Waals surface area contributed by atoms with Crippen molar-refractivity contribution in [2.24, 2.45) is 0 Å². The van der Waals surface area contributed by atoms with Gasteiger partial charge in [0, 0.05) is 21.8 Å². The molecule has 8 heteroatoms. The molecule has 0 bridgehead atoms. The molecule has 4 rings (SSSR count). The van der Waals surface area contributed by atoms with Crippen molar-refractivity contribution in [2.75, 3.05) is 0 Å². The molecule has 0 saturated heterocycles. The zero-order chi connectivity index (χ0) is 22.1. The van der Waals surface area contributed by atoms with Crippen LogP contribution in [0.1, 0.15) is 29.9 Å². The Kier molecular flexibility index (Phi) is 5.52. The number of aromatic nitrogens is 2. The third-order valence-corrected chi connectivity index (χ3v) is 5.33. The molecule has 0 radical (unpaired) electrons. The van der Waals surface area contributed by atoms with Crippen LogP contribution in [0.2, 0.25) is 5.02 Å². The van der Waals surface area contributed by atoms with E-state index >= 15 is 0 Å². The Labute approximate surface area is 183 Å². The molecule has 1 amide bonds. The summed E-state index contributed by atoms with van der Waals surface area (Å²) in [4.78, 5) is 24.8. The molecule has 3 heterocycles. The van der Waals surface area contributed by atoms with E-state index < -0.39 is 17.9 Å². The molecule has 2 N–H and O–H groups in total. The predicted molar refractivity (Wildman–Crippen MR) is 117 cm³/mol. The van der Waals surface area contributed by atoms with E-state index in [4.69, 9.17) is 21.1 Å². The van der Waals surface area contributed by atoms with Gasteiger partial charge in [-0.1, -0.05) is 30.7 Å². The number of amides is 1. The van der Waals surface area contributed by atoms with Crippen LogP contribution < -0.4 is 5.32 Å². The average molecular weight is 438 g/mol. The number of carboxylic acid groups (broad SMARTS) is 1. The summed E-state index contributed by atoms with van der Waals surface area (Å²) in [7, 11) is 0. The number of fused-ring (bicyclic) bond motifs is 1. The van der Waals surface area contributed by atoms with Crippen molar-refractivity contribution >= 4 is 29.0 Å². The van der Waals surface area contributed by atoms with Gasteiger partial charge in [-0.15, -0.1) is 0 Å². The monoisotopic (exact) mass is 437 g/mol. The normalized spacial score (nSPS) is 12.1. The molecule has 0 aliphatic heterocycles. The van der Waals surface area contributed by atoms with Crippen molar-refractivity contribution in [2.45, 2.75) is 26.3 Å². The van der Waals surface area contributed by atoms with Gasteiger partial charge in [0.05, 0.1) is 23.6 Å². The number of aliphatic carboxylic acids is 1. The van der Waals surface area contributed by atoms with Gasteiger partial charge in [0.15, 0.2) is 0 Å². The molecule has 0 saturated carbocycles. The summed E-state index contributed by atoms with van der Waals surface area (Å²) in [6, 6.07) is 11.7. The lowest BCUT2D eigenvalue weighted by Gasteiger charge is -2.18. The number of carbonyl (C=O) groups excluding carboxylic acids is 1. The van der Waals surface area contributed by atoms with E-state index in [2.05, 4.69) is 5.32 Å². The zero-order valence-corrected chi connectivity index (χ0v) is 17.7. The molecule has 0 spiro atoms. The highest BCUT2D eigenvalue weighted by atomic mass is 35.5. The smallest absolute Gasteiger partial charge is 0.325 e. The van der Waals surface area contributed by atoms with E-state index in [1.807, 2.05) is 25.1 Å². The minimum atomic E-state index is -1.13. The van der Waals surface area contributed by atoms with Gasteiger partial charge in [-0.3, -0.25) is 9.59 Å². The number of hydrogen-bond acceptors (Lipinski definition) is 4. The van der Waals surface area contributed by atoms with Crippen molar-refractivity contribution in [3.63, 3.8) is 0 Å². The number of benzene rings is 1. The minimum Gasteiger partial charge on any atom is -0.480 e. The van der Waals surface area contributed by atoms with E-state index in [1.54, 1.807) is 28.8 Å². The minimum absolute atomic E-state index is 0.255. The average Bonchev–Trinajstić information content (AvgIpc) is 3.41. The Balaban J connectivity index is 2.08. The van der Waals surface area contributed by atoms with Crippen LogP contribution in [-0.4, -0.2) is 32.6 Å². The van der Waals surface area contributed by atoms with Crippen LogP contribution in [0.15, 0.2) is 59.4 Å². The number of nitrogens with zero attached hydrogens (tertiary/aromatic N) is 2. The van der Waals surface area contributed by atoms with Gasteiger partial charge in [-0.05, 0) is 49.2 Å². The molecule has 0 aliphatic carbocycles. The molecule has 7 nitrogen and oxygen atoms in total. The highest BCUT2D eigenvalue weighted by Crippen LogP contribution is 2.36. The first-order chi connectivity index (χ1) is 14.9. The third-order valence-electron chi connectivity index (χ3n) is 5.09. The summed E-state index contributed by atoms with van der Waals surface area (Å²) in [5.74, 6) is -1.68. The van der Waals surface area contributed by atoms with E-state index in [0.717, 1.165) is 23.2 Å². The second-order valence-corrected chi connectivity index (χ2v) is 7.57. The van der Waals surface area contributed by atoms with Gasteiger partial charge in [0.1, 0.15) is 11.7 Å². The van der Waals surface area contributed by atoms with Crippen LogP contribution in [0.5, 0.6) is 0 Å². The lowest BCUT2D eigenvalue weighted by atomic mass is 9.95. The van der Waals surface area contributed by atoms with Gasteiger partial charge >= 0.3 is 5.97 Å². The zero-order valence-electron chi connectivity index (χ0n) is 16.9.